The van der Waals surface area contributed by atoms with Gasteiger partial charge in [-0.15, -0.1) is 11.3 Å². The monoisotopic (exact) mass is 402 g/mol. The minimum Gasteiger partial charge on any atom is -0.444 e. The number of carbonyl (C=O) groups excluding carboxylic acids is 1. The summed E-state index contributed by atoms with van der Waals surface area (Å²) >= 11 is 5.15. The van der Waals surface area contributed by atoms with Crippen LogP contribution >= 0.6 is 27.3 Å². The molecule has 1 saturated heterocycles. The molecule has 0 bridgehead atoms. The molecule has 2 fully saturated rings. The fourth-order valence-electron chi connectivity index (χ4n) is 3.26. The summed E-state index contributed by atoms with van der Waals surface area (Å²) in [6.45, 7) is 7.16. The van der Waals surface area contributed by atoms with Gasteiger partial charge in [-0.1, -0.05) is 0 Å². The molecule has 23 heavy (non-hydrogen) atoms. The standard InChI is InChI=1S/C16H23BrN2O3S/c1-16(2,3)22-15(20)19-12-10-4-5-21-14(10)13(12)18-7-9-6-11(17)23-8-9/h6,8,10,12-14,18H,4-5,7H2,1-3H3,(H,19,20). The summed E-state index contributed by atoms with van der Waals surface area (Å²) in [5, 5.41) is 8.68. The highest BCUT2D eigenvalue weighted by molar-refractivity contribution is 9.11. The Morgan fingerprint density at radius 1 is 1.48 bits per heavy atom. The lowest BCUT2D eigenvalue weighted by atomic mass is 9.71. The maximum Gasteiger partial charge on any atom is 0.407 e. The van der Waals surface area contributed by atoms with Crippen LogP contribution in [0.1, 0.15) is 32.8 Å². The second kappa shape index (κ2) is 6.70. The highest BCUT2D eigenvalue weighted by Gasteiger charge is 2.54. The molecule has 3 rings (SSSR count). The quantitative estimate of drug-likeness (QED) is 0.810. The Bertz CT molecular complexity index is 572. The van der Waals surface area contributed by atoms with Crippen LogP contribution in [-0.4, -0.2) is 36.5 Å². The first-order valence-corrected chi connectivity index (χ1v) is 9.58. The molecule has 1 aromatic rings. The van der Waals surface area contributed by atoms with Crippen molar-refractivity contribution in [3.8, 4) is 0 Å². The Morgan fingerprint density at radius 3 is 2.91 bits per heavy atom. The first-order chi connectivity index (χ1) is 10.8. The molecule has 4 unspecified atom stereocenters. The number of thiophene rings is 1. The van der Waals surface area contributed by atoms with Crippen LogP contribution in [0.4, 0.5) is 4.79 Å². The summed E-state index contributed by atoms with van der Waals surface area (Å²) < 4.78 is 12.3. The van der Waals surface area contributed by atoms with E-state index in [9.17, 15) is 4.79 Å². The fourth-order valence-corrected chi connectivity index (χ4v) is 4.47. The van der Waals surface area contributed by atoms with Crippen molar-refractivity contribution in [2.75, 3.05) is 6.61 Å². The van der Waals surface area contributed by atoms with Gasteiger partial charge in [-0.2, -0.15) is 0 Å². The summed E-state index contributed by atoms with van der Waals surface area (Å²) in [6.07, 6.45) is 0.836. The van der Waals surface area contributed by atoms with Gasteiger partial charge in [0, 0.05) is 19.1 Å². The number of hydrogen-bond donors (Lipinski definition) is 2. The number of amides is 1. The highest BCUT2D eigenvalue weighted by Crippen LogP contribution is 2.39. The number of alkyl carbamates (subject to hydrolysis) is 1. The highest BCUT2D eigenvalue weighted by atomic mass is 79.9. The predicted molar refractivity (Wildman–Crippen MR) is 93.7 cm³/mol. The van der Waals surface area contributed by atoms with Crippen molar-refractivity contribution in [3.05, 3.63) is 20.8 Å². The van der Waals surface area contributed by atoms with Crippen LogP contribution in [0.3, 0.4) is 0 Å². The summed E-state index contributed by atoms with van der Waals surface area (Å²) in [4.78, 5) is 12.1. The molecule has 5 nitrogen and oxygen atoms in total. The molecule has 2 aliphatic rings. The maximum atomic E-state index is 12.1. The summed E-state index contributed by atoms with van der Waals surface area (Å²) in [5.41, 5.74) is 0.755. The predicted octanol–water partition coefficient (Wildman–Crippen LogP) is 3.28. The van der Waals surface area contributed by atoms with Crippen LogP contribution in [0.2, 0.25) is 0 Å². The van der Waals surface area contributed by atoms with Crippen molar-refractivity contribution < 1.29 is 14.3 Å². The van der Waals surface area contributed by atoms with E-state index in [2.05, 4.69) is 38.0 Å². The van der Waals surface area contributed by atoms with Crippen molar-refractivity contribution in [1.82, 2.24) is 10.6 Å². The Hall–Kier alpha value is -0.630. The second-order valence-electron chi connectivity index (χ2n) is 7.13. The topological polar surface area (TPSA) is 59.6 Å². The van der Waals surface area contributed by atoms with E-state index in [-0.39, 0.29) is 24.3 Å². The van der Waals surface area contributed by atoms with E-state index in [1.54, 1.807) is 11.3 Å². The number of halogens is 1. The van der Waals surface area contributed by atoms with Crippen LogP contribution in [0, 0.1) is 5.92 Å². The molecule has 4 atom stereocenters. The number of ether oxygens (including phenoxy) is 2. The van der Waals surface area contributed by atoms with Gasteiger partial charge in [-0.25, -0.2) is 4.79 Å². The Labute approximate surface area is 149 Å². The molecule has 1 saturated carbocycles. The molecular weight excluding hydrogens is 380 g/mol. The smallest absolute Gasteiger partial charge is 0.407 e. The molecule has 1 aliphatic carbocycles. The first-order valence-electron chi connectivity index (χ1n) is 7.91. The normalized spacial score (nSPS) is 29.7. The van der Waals surface area contributed by atoms with E-state index in [0.29, 0.717) is 5.92 Å². The van der Waals surface area contributed by atoms with Gasteiger partial charge in [0.1, 0.15) is 5.60 Å². The van der Waals surface area contributed by atoms with Crippen molar-refractivity contribution in [2.24, 2.45) is 5.92 Å². The fraction of sp³-hybridized carbons (Fsp3) is 0.688. The van der Waals surface area contributed by atoms with E-state index < -0.39 is 5.60 Å². The van der Waals surface area contributed by atoms with Gasteiger partial charge >= 0.3 is 6.09 Å². The van der Waals surface area contributed by atoms with Gasteiger partial charge in [0.15, 0.2) is 0 Å². The van der Waals surface area contributed by atoms with E-state index in [1.807, 2.05) is 20.8 Å². The molecular formula is C16H23BrN2O3S. The Morgan fingerprint density at radius 2 is 2.26 bits per heavy atom. The molecule has 128 valence electrons. The molecule has 0 aromatic carbocycles. The van der Waals surface area contributed by atoms with Crippen LogP contribution in [-0.2, 0) is 16.0 Å². The average molecular weight is 403 g/mol. The third-order valence-corrected chi connectivity index (χ3v) is 5.79. The minimum atomic E-state index is -0.481. The second-order valence-corrected chi connectivity index (χ2v) is 9.42. The van der Waals surface area contributed by atoms with E-state index >= 15 is 0 Å². The lowest BCUT2D eigenvalue weighted by Gasteiger charge is -2.48. The van der Waals surface area contributed by atoms with Gasteiger partial charge in [0.25, 0.3) is 0 Å². The van der Waals surface area contributed by atoms with Crippen LogP contribution in [0.5, 0.6) is 0 Å². The zero-order valence-electron chi connectivity index (χ0n) is 13.6. The Balaban J connectivity index is 1.57. The lowest BCUT2D eigenvalue weighted by Crippen LogP contribution is -2.70. The van der Waals surface area contributed by atoms with Gasteiger partial charge in [-0.05, 0) is 60.1 Å². The van der Waals surface area contributed by atoms with Gasteiger partial charge in [0.2, 0.25) is 0 Å². The Kier molecular flexibility index (Phi) is 5.01. The number of rotatable bonds is 4. The van der Waals surface area contributed by atoms with Crippen LogP contribution in [0.15, 0.2) is 15.2 Å². The SMILES string of the molecule is CC(C)(C)OC(=O)NC1C2CCOC2C1NCc1csc(Br)c1. The minimum absolute atomic E-state index is 0.0689. The molecule has 1 amide bonds. The van der Waals surface area contributed by atoms with Crippen LogP contribution < -0.4 is 10.6 Å². The van der Waals surface area contributed by atoms with E-state index in [4.69, 9.17) is 9.47 Å². The zero-order valence-corrected chi connectivity index (χ0v) is 16.0. The summed E-state index contributed by atoms with van der Waals surface area (Å²) in [6, 6.07) is 2.31. The summed E-state index contributed by atoms with van der Waals surface area (Å²) in [7, 11) is 0. The number of nitrogens with one attached hydrogen (secondary N) is 2. The van der Waals surface area contributed by atoms with Gasteiger partial charge in [0.05, 0.1) is 22.0 Å². The van der Waals surface area contributed by atoms with Crippen molar-refractivity contribution in [3.63, 3.8) is 0 Å². The number of fused-ring (bicyclic) bond motifs is 1. The largest absolute Gasteiger partial charge is 0.444 e. The molecule has 0 spiro atoms. The average Bonchev–Trinajstić information content (AvgIpc) is 3.02. The van der Waals surface area contributed by atoms with Crippen molar-refractivity contribution in [2.45, 2.75) is 57.5 Å². The zero-order chi connectivity index (χ0) is 16.6. The van der Waals surface area contributed by atoms with Gasteiger partial charge in [-0.3, -0.25) is 0 Å². The molecule has 1 aromatic heterocycles. The molecule has 0 radical (unpaired) electrons. The third kappa shape index (κ3) is 4.07. The maximum absolute atomic E-state index is 12.1. The number of hydrogen-bond acceptors (Lipinski definition) is 5. The van der Waals surface area contributed by atoms with Crippen molar-refractivity contribution >= 4 is 33.4 Å². The lowest BCUT2D eigenvalue weighted by molar-refractivity contribution is -0.0344. The molecule has 7 heteroatoms. The number of carbonyl (C=O) groups is 1. The van der Waals surface area contributed by atoms with Crippen molar-refractivity contribution in [1.29, 1.82) is 0 Å². The van der Waals surface area contributed by atoms with E-state index in [1.165, 1.54) is 5.56 Å². The van der Waals surface area contributed by atoms with Gasteiger partial charge < -0.3 is 20.1 Å². The third-order valence-electron chi connectivity index (χ3n) is 4.23. The molecule has 1 aliphatic heterocycles. The first kappa shape index (κ1) is 17.2. The van der Waals surface area contributed by atoms with Crippen LogP contribution in [0.25, 0.3) is 0 Å². The molecule has 2 N–H and O–H groups in total. The van der Waals surface area contributed by atoms with E-state index in [0.717, 1.165) is 23.4 Å². The molecule has 2 heterocycles. The summed E-state index contributed by atoms with van der Waals surface area (Å²) in [5.74, 6) is 0.384.